The molecule has 2 aromatic carbocycles. The van der Waals surface area contributed by atoms with Crippen molar-refractivity contribution in [2.75, 3.05) is 11.3 Å². The van der Waals surface area contributed by atoms with E-state index in [0.29, 0.717) is 43.1 Å². The van der Waals surface area contributed by atoms with Crippen LogP contribution in [0.1, 0.15) is 84.0 Å². The number of ketones is 1. The molecule has 1 aliphatic carbocycles. The summed E-state index contributed by atoms with van der Waals surface area (Å²) in [6, 6.07) is 12.9. The maximum absolute atomic E-state index is 13.6. The Morgan fingerprint density at radius 3 is 2.57 bits per heavy atom. The highest BCUT2D eigenvalue weighted by Crippen LogP contribution is 2.33. The van der Waals surface area contributed by atoms with Crippen LogP contribution in [0.2, 0.25) is 0 Å². The minimum atomic E-state index is -3.98. The second-order valence-corrected chi connectivity index (χ2v) is 12.4. The Kier molecular flexibility index (Phi) is 8.93. The summed E-state index contributed by atoms with van der Waals surface area (Å²) in [4.78, 5) is 18.1. The number of hydrogen-bond acceptors (Lipinski definition) is 7. The van der Waals surface area contributed by atoms with E-state index in [4.69, 9.17) is 14.2 Å². The number of anilines is 1. The molecule has 2 aromatic heterocycles. The van der Waals surface area contributed by atoms with Crippen molar-refractivity contribution in [2.45, 2.75) is 84.3 Å². The van der Waals surface area contributed by atoms with Gasteiger partial charge in [-0.2, -0.15) is 0 Å². The Hall–Kier alpha value is -3.76. The number of imidazole rings is 1. The topological polar surface area (TPSA) is 116 Å². The lowest BCUT2D eigenvalue weighted by Gasteiger charge is -2.17. The van der Waals surface area contributed by atoms with Gasteiger partial charge in [-0.3, -0.25) is 9.52 Å². The van der Waals surface area contributed by atoms with Gasteiger partial charge in [-0.05, 0) is 69.2 Å². The summed E-state index contributed by atoms with van der Waals surface area (Å²) in [5.74, 6) is 1.82. The zero-order valence-electron chi connectivity index (χ0n) is 24.7. The number of fused-ring (bicyclic) bond motifs is 1. The number of benzene rings is 2. The number of carbonyl (C=O) groups is 1. The Balaban J connectivity index is 1.55. The van der Waals surface area contributed by atoms with E-state index in [1.54, 1.807) is 32.0 Å². The minimum absolute atomic E-state index is 0.131. The van der Waals surface area contributed by atoms with Gasteiger partial charge in [0.1, 0.15) is 17.3 Å². The van der Waals surface area contributed by atoms with Crippen LogP contribution in [0, 0.1) is 13.8 Å². The van der Waals surface area contributed by atoms with Gasteiger partial charge >= 0.3 is 0 Å². The van der Waals surface area contributed by atoms with Crippen molar-refractivity contribution in [1.82, 2.24) is 14.7 Å². The summed E-state index contributed by atoms with van der Waals surface area (Å²) in [6.07, 6.45) is 4.97. The van der Waals surface area contributed by atoms with E-state index in [9.17, 15) is 13.2 Å². The molecule has 0 aliphatic heterocycles. The molecule has 9 nitrogen and oxygen atoms in total. The summed E-state index contributed by atoms with van der Waals surface area (Å²) >= 11 is 0. The van der Waals surface area contributed by atoms with Crippen LogP contribution >= 0.6 is 0 Å². The number of nitrogens with zero attached hydrogens (tertiary/aromatic N) is 3. The van der Waals surface area contributed by atoms with Crippen molar-refractivity contribution in [3.05, 3.63) is 82.1 Å². The second-order valence-electron chi connectivity index (χ2n) is 10.7. The van der Waals surface area contributed by atoms with Gasteiger partial charge in [0.25, 0.3) is 10.0 Å². The standard InChI is InChI=1S/C32H38N4O5S/c1-5-11-30-33-27-13-8-9-14-28(37)31(27)36(30)19-23-16-17-25(24(18-23)20-40-6-2)26-12-7-10-15-29(26)42(38,39)35-32-21(3)22(4)41-34-32/h7,10,12,15-18H,5-6,8-9,11,13-14,19-20H2,1-4H3,(H,34,35). The van der Waals surface area contributed by atoms with E-state index in [1.165, 1.54) is 0 Å². The fourth-order valence-corrected chi connectivity index (χ4v) is 6.74. The van der Waals surface area contributed by atoms with Crippen LogP contribution in [-0.4, -0.2) is 35.5 Å². The fourth-order valence-electron chi connectivity index (χ4n) is 5.46. The van der Waals surface area contributed by atoms with Gasteiger partial charge in [0.15, 0.2) is 11.6 Å². The highest BCUT2D eigenvalue weighted by Gasteiger charge is 2.26. The van der Waals surface area contributed by atoms with Gasteiger partial charge < -0.3 is 13.8 Å². The second kappa shape index (κ2) is 12.6. The van der Waals surface area contributed by atoms with Crippen LogP contribution in [0.3, 0.4) is 0 Å². The molecule has 2 heterocycles. The van der Waals surface area contributed by atoms with E-state index >= 15 is 0 Å². The molecular formula is C32H38N4O5S. The molecule has 1 aliphatic rings. The number of aromatic nitrogens is 3. The van der Waals surface area contributed by atoms with Crippen molar-refractivity contribution < 1.29 is 22.5 Å². The first-order valence-electron chi connectivity index (χ1n) is 14.6. The smallest absolute Gasteiger partial charge is 0.263 e. The zero-order valence-corrected chi connectivity index (χ0v) is 25.5. The van der Waals surface area contributed by atoms with Gasteiger partial charge in [0.05, 0.1) is 17.2 Å². The monoisotopic (exact) mass is 590 g/mol. The molecular weight excluding hydrogens is 552 g/mol. The SMILES string of the molecule is CCCc1nc2c(n1Cc1ccc(-c3ccccc3S(=O)(=O)Nc3noc(C)c3C)c(COCC)c1)C(=O)CCCC2. The number of sulfonamides is 1. The molecule has 0 saturated heterocycles. The first-order chi connectivity index (χ1) is 20.2. The van der Waals surface area contributed by atoms with Gasteiger partial charge in [-0.25, -0.2) is 13.4 Å². The van der Waals surface area contributed by atoms with Crippen LogP contribution in [0.4, 0.5) is 5.82 Å². The number of Topliss-reactive ketones (excluding diaryl/α,β-unsaturated/α-hetero) is 1. The molecule has 4 aromatic rings. The van der Waals surface area contributed by atoms with Crippen LogP contribution in [0.15, 0.2) is 51.9 Å². The van der Waals surface area contributed by atoms with Crippen molar-refractivity contribution in [2.24, 2.45) is 0 Å². The highest BCUT2D eigenvalue weighted by atomic mass is 32.2. The quantitative estimate of drug-likeness (QED) is 0.201. The first kappa shape index (κ1) is 29.7. The minimum Gasteiger partial charge on any atom is -0.377 e. The summed E-state index contributed by atoms with van der Waals surface area (Å²) in [6.45, 7) is 8.87. The van der Waals surface area contributed by atoms with E-state index in [2.05, 4.69) is 27.4 Å². The molecule has 0 atom stereocenters. The first-order valence-corrected chi connectivity index (χ1v) is 16.1. The Labute approximate surface area is 247 Å². The van der Waals surface area contributed by atoms with Crippen LogP contribution in [0.25, 0.3) is 11.1 Å². The van der Waals surface area contributed by atoms with Crippen molar-refractivity contribution in [1.29, 1.82) is 0 Å². The van der Waals surface area contributed by atoms with Gasteiger partial charge in [0, 0.05) is 37.1 Å². The van der Waals surface area contributed by atoms with Crippen molar-refractivity contribution in [3.63, 3.8) is 0 Å². The van der Waals surface area contributed by atoms with Gasteiger partial charge in [0.2, 0.25) is 0 Å². The summed E-state index contributed by atoms with van der Waals surface area (Å²) in [5, 5.41) is 3.88. The molecule has 10 heteroatoms. The van der Waals surface area contributed by atoms with Crippen molar-refractivity contribution in [3.8, 4) is 11.1 Å². The molecule has 0 saturated carbocycles. The normalized spacial score (nSPS) is 13.7. The van der Waals surface area contributed by atoms with Gasteiger partial charge in [-0.15, -0.1) is 0 Å². The van der Waals surface area contributed by atoms with E-state index < -0.39 is 10.0 Å². The molecule has 0 radical (unpaired) electrons. The zero-order chi connectivity index (χ0) is 29.9. The molecule has 0 fully saturated rings. The molecule has 222 valence electrons. The summed E-state index contributed by atoms with van der Waals surface area (Å²) in [5.41, 5.74) is 5.47. The summed E-state index contributed by atoms with van der Waals surface area (Å²) in [7, 11) is -3.98. The molecule has 42 heavy (non-hydrogen) atoms. The maximum Gasteiger partial charge on any atom is 0.263 e. The van der Waals surface area contributed by atoms with E-state index in [-0.39, 0.29) is 16.5 Å². The van der Waals surface area contributed by atoms with Crippen molar-refractivity contribution >= 4 is 21.6 Å². The summed E-state index contributed by atoms with van der Waals surface area (Å²) < 4.78 is 42.9. The fraction of sp³-hybridized carbons (Fsp3) is 0.406. The number of aryl methyl sites for hydroxylation is 3. The molecule has 0 amide bonds. The highest BCUT2D eigenvalue weighted by molar-refractivity contribution is 7.92. The average Bonchev–Trinajstić information content (AvgIpc) is 3.40. The van der Waals surface area contributed by atoms with E-state index in [1.807, 2.05) is 25.1 Å². The molecule has 0 unspecified atom stereocenters. The average molecular weight is 591 g/mol. The molecule has 5 rings (SSSR count). The van der Waals surface area contributed by atoms with Crippen LogP contribution in [0.5, 0.6) is 0 Å². The largest absolute Gasteiger partial charge is 0.377 e. The lowest BCUT2D eigenvalue weighted by atomic mass is 9.97. The third-order valence-corrected chi connectivity index (χ3v) is 9.15. The number of hydrogen-bond donors (Lipinski definition) is 1. The predicted molar refractivity (Wildman–Crippen MR) is 161 cm³/mol. The lowest BCUT2D eigenvalue weighted by molar-refractivity contribution is 0.0973. The molecule has 0 bridgehead atoms. The Morgan fingerprint density at radius 2 is 1.83 bits per heavy atom. The Bertz CT molecular complexity index is 1700. The molecule has 1 N–H and O–H groups in total. The number of carbonyl (C=O) groups excluding carboxylic acids is 1. The number of rotatable bonds is 11. The van der Waals surface area contributed by atoms with Gasteiger partial charge in [-0.1, -0.05) is 48.5 Å². The van der Waals surface area contributed by atoms with Crippen LogP contribution in [-0.2, 0) is 40.8 Å². The third kappa shape index (κ3) is 6.05. The maximum atomic E-state index is 13.6. The predicted octanol–water partition coefficient (Wildman–Crippen LogP) is 6.40. The van der Waals surface area contributed by atoms with E-state index in [0.717, 1.165) is 66.0 Å². The lowest BCUT2D eigenvalue weighted by Crippen LogP contribution is -2.15. The third-order valence-electron chi connectivity index (χ3n) is 7.75. The molecule has 0 spiro atoms. The number of nitrogens with one attached hydrogen (secondary N) is 1. The number of ether oxygens (including phenoxy) is 1. The van der Waals surface area contributed by atoms with Crippen LogP contribution < -0.4 is 4.72 Å². The Morgan fingerprint density at radius 1 is 1.05 bits per heavy atom.